The molecule has 2 aliphatic heterocycles. The monoisotopic (exact) mass is 365 g/mol. The van der Waals surface area contributed by atoms with E-state index in [1.807, 2.05) is 48.5 Å². The highest BCUT2D eigenvalue weighted by Crippen LogP contribution is 2.34. The summed E-state index contributed by atoms with van der Waals surface area (Å²) in [5, 5.41) is 0. The second-order valence-electron chi connectivity index (χ2n) is 8.03. The zero-order valence-electron chi connectivity index (χ0n) is 16.3. The van der Waals surface area contributed by atoms with Crippen molar-refractivity contribution in [3.05, 3.63) is 48.3 Å². The van der Waals surface area contributed by atoms with Gasteiger partial charge in [-0.1, -0.05) is 26.0 Å². The second-order valence-corrected chi connectivity index (χ2v) is 8.03. The summed E-state index contributed by atoms with van der Waals surface area (Å²) in [7, 11) is 1.90. The van der Waals surface area contributed by atoms with E-state index in [0.29, 0.717) is 17.2 Å². The van der Waals surface area contributed by atoms with Crippen molar-refractivity contribution in [2.75, 3.05) is 26.7 Å². The van der Waals surface area contributed by atoms with Crippen LogP contribution >= 0.6 is 0 Å². The number of fused-ring (bicyclic) bond motifs is 2. The van der Waals surface area contributed by atoms with Crippen LogP contribution < -0.4 is 4.74 Å². The summed E-state index contributed by atoms with van der Waals surface area (Å²) in [5.41, 5.74) is 2.69. The van der Waals surface area contributed by atoms with Crippen molar-refractivity contribution in [1.82, 2.24) is 14.8 Å². The van der Waals surface area contributed by atoms with E-state index in [0.717, 1.165) is 30.8 Å². The first-order valence-electron chi connectivity index (χ1n) is 9.73. The molecule has 0 bridgehead atoms. The van der Waals surface area contributed by atoms with E-state index in [9.17, 15) is 4.79 Å². The van der Waals surface area contributed by atoms with Crippen LogP contribution in [-0.4, -0.2) is 59.5 Å². The standard InChI is InChI=1S/C22H27N3O2/c1-15(2)8-10-25-13-19-21(14-25)27-20-11-16(17-5-4-9-23-12-17)6-7-18(20)22(26)24(19)3/h4-7,9,11-12,15,19,21H,8,10,13-14H2,1-3H3/t19-,21+/m1/s1. The molecule has 1 aromatic heterocycles. The molecular weight excluding hydrogens is 338 g/mol. The van der Waals surface area contributed by atoms with Gasteiger partial charge in [0.2, 0.25) is 0 Å². The Morgan fingerprint density at radius 2 is 2.07 bits per heavy atom. The first-order chi connectivity index (χ1) is 13.0. The quantitative estimate of drug-likeness (QED) is 0.834. The number of ether oxygens (including phenoxy) is 1. The number of pyridine rings is 1. The van der Waals surface area contributed by atoms with Gasteiger partial charge in [0.05, 0.1) is 11.6 Å². The number of nitrogens with zero attached hydrogens (tertiary/aromatic N) is 3. The number of benzene rings is 1. The van der Waals surface area contributed by atoms with Crippen LogP contribution in [0.1, 0.15) is 30.6 Å². The maximum Gasteiger partial charge on any atom is 0.257 e. The number of hydrogen-bond donors (Lipinski definition) is 0. The number of likely N-dealkylation sites (N-methyl/N-ethyl adjacent to an activating group) is 1. The molecule has 2 aromatic rings. The number of amides is 1. The zero-order valence-corrected chi connectivity index (χ0v) is 16.3. The number of carbonyl (C=O) groups is 1. The van der Waals surface area contributed by atoms with Gasteiger partial charge in [-0.15, -0.1) is 0 Å². The van der Waals surface area contributed by atoms with Crippen molar-refractivity contribution in [2.45, 2.75) is 32.4 Å². The SMILES string of the molecule is CC(C)CCN1C[C@@H]2Oc3cc(-c4cccnc4)ccc3C(=O)N(C)[C@@H]2C1. The molecule has 0 saturated carbocycles. The third-order valence-corrected chi connectivity index (χ3v) is 5.64. The van der Waals surface area contributed by atoms with Crippen LogP contribution in [-0.2, 0) is 0 Å². The number of hydrogen-bond acceptors (Lipinski definition) is 4. The fourth-order valence-electron chi connectivity index (χ4n) is 3.96. The average molecular weight is 365 g/mol. The van der Waals surface area contributed by atoms with E-state index < -0.39 is 0 Å². The van der Waals surface area contributed by atoms with E-state index in [4.69, 9.17) is 4.74 Å². The molecule has 0 aliphatic carbocycles. The first-order valence-corrected chi connectivity index (χ1v) is 9.73. The summed E-state index contributed by atoms with van der Waals surface area (Å²) in [5.74, 6) is 1.41. The van der Waals surface area contributed by atoms with E-state index in [2.05, 4.69) is 23.7 Å². The molecule has 0 radical (unpaired) electrons. The fourth-order valence-corrected chi connectivity index (χ4v) is 3.96. The topological polar surface area (TPSA) is 45.7 Å². The zero-order chi connectivity index (χ0) is 19.0. The smallest absolute Gasteiger partial charge is 0.257 e. The Bertz CT molecular complexity index is 822. The van der Waals surface area contributed by atoms with Crippen LogP contribution in [0.3, 0.4) is 0 Å². The molecule has 2 atom stereocenters. The highest BCUT2D eigenvalue weighted by Gasteiger charge is 2.42. The second kappa shape index (κ2) is 7.31. The molecule has 1 aromatic carbocycles. The molecule has 5 heteroatoms. The predicted molar refractivity (Wildman–Crippen MR) is 106 cm³/mol. The maximum absolute atomic E-state index is 13.0. The molecule has 3 heterocycles. The molecule has 142 valence electrons. The molecule has 27 heavy (non-hydrogen) atoms. The molecular formula is C22H27N3O2. The van der Waals surface area contributed by atoms with Crippen LogP contribution in [0, 0.1) is 5.92 Å². The van der Waals surface area contributed by atoms with Gasteiger partial charge in [-0.3, -0.25) is 14.7 Å². The molecule has 5 nitrogen and oxygen atoms in total. The highest BCUT2D eigenvalue weighted by molar-refractivity contribution is 5.98. The van der Waals surface area contributed by atoms with Crippen LogP contribution in [0.25, 0.3) is 11.1 Å². The Balaban J connectivity index is 1.61. The molecule has 0 N–H and O–H groups in total. The summed E-state index contributed by atoms with van der Waals surface area (Å²) in [4.78, 5) is 21.5. The Morgan fingerprint density at radius 3 is 2.81 bits per heavy atom. The minimum absolute atomic E-state index is 0.0107. The lowest BCUT2D eigenvalue weighted by Crippen LogP contribution is -2.44. The largest absolute Gasteiger partial charge is 0.486 e. The lowest BCUT2D eigenvalue weighted by atomic mass is 10.0. The van der Waals surface area contributed by atoms with Crippen molar-refractivity contribution in [3.63, 3.8) is 0 Å². The van der Waals surface area contributed by atoms with Crippen LogP contribution in [0.2, 0.25) is 0 Å². The summed E-state index contributed by atoms with van der Waals surface area (Å²) in [6.45, 7) is 7.29. The van der Waals surface area contributed by atoms with Crippen molar-refractivity contribution < 1.29 is 9.53 Å². The summed E-state index contributed by atoms with van der Waals surface area (Å²) >= 11 is 0. The van der Waals surface area contributed by atoms with Gasteiger partial charge in [0.25, 0.3) is 5.91 Å². The normalized spacial score (nSPS) is 22.4. The van der Waals surface area contributed by atoms with E-state index in [-0.39, 0.29) is 18.1 Å². The minimum Gasteiger partial charge on any atom is -0.486 e. The van der Waals surface area contributed by atoms with Gasteiger partial charge in [-0.05, 0) is 42.6 Å². The summed E-state index contributed by atoms with van der Waals surface area (Å²) in [6, 6.07) is 9.87. The van der Waals surface area contributed by atoms with Crippen LogP contribution in [0.15, 0.2) is 42.7 Å². The number of aromatic nitrogens is 1. The van der Waals surface area contributed by atoms with Crippen LogP contribution in [0.5, 0.6) is 5.75 Å². The summed E-state index contributed by atoms with van der Waals surface area (Å²) in [6.07, 6.45) is 4.77. The third kappa shape index (κ3) is 3.56. The van der Waals surface area contributed by atoms with Crippen LogP contribution in [0.4, 0.5) is 0 Å². The van der Waals surface area contributed by atoms with Crippen molar-refractivity contribution in [2.24, 2.45) is 5.92 Å². The van der Waals surface area contributed by atoms with Gasteiger partial charge < -0.3 is 9.64 Å². The number of carbonyl (C=O) groups excluding carboxylic acids is 1. The predicted octanol–water partition coefficient (Wildman–Crippen LogP) is 3.31. The molecule has 2 aliphatic rings. The minimum atomic E-state index is 0.0107. The molecule has 4 rings (SSSR count). The van der Waals surface area contributed by atoms with E-state index >= 15 is 0 Å². The summed E-state index contributed by atoms with van der Waals surface area (Å²) < 4.78 is 6.40. The van der Waals surface area contributed by atoms with Gasteiger partial charge in [0.15, 0.2) is 0 Å². The highest BCUT2D eigenvalue weighted by atomic mass is 16.5. The van der Waals surface area contributed by atoms with E-state index in [1.165, 1.54) is 6.42 Å². The van der Waals surface area contributed by atoms with Gasteiger partial charge >= 0.3 is 0 Å². The molecule has 1 fully saturated rings. The van der Waals surface area contributed by atoms with Gasteiger partial charge in [-0.25, -0.2) is 0 Å². The molecule has 0 unspecified atom stereocenters. The van der Waals surface area contributed by atoms with Gasteiger partial charge in [0.1, 0.15) is 11.9 Å². The van der Waals surface area contributed by atoms with Crippen molar-refractivity contribution in [3.8, 4) is 16.9 Å². The molecule has 1 saturated heterocycles. The number of rotatable bonds is 4. The fraction of sp³-hybridized carbons (Fsp3) is 0.455. The maximum atomic E-state index is 13.0. The van der Waals surface area contributed by atoms with Gasteiger partial charge in [-0.2, -0.15) is 0 Å². The lowest BCUT2D eigenvalue weighted by molar-refractivity contribution is 0.0682. The van der Waals surface area contributed by atoms with E-state index in [1.54, 1.807) is 6.20 Å². The average Bonchev–Trinajstić information content (AvgIpc) is 3.05. The first kappa shape index (κ1) is 18.0. The Labute approximate surface area is 161 Å². The lowest BCUT2D eigenvalue weighted by Gasteiger charge is -2.25. The Kier molecular flexibility index (Phi) is 4.87. The number of likely N-dealkylation sites (tertiary alicyclic amines) is 1. The van der Waals surface area contributed by atoms with Gasteiger partial charge in [0, 0.05) is 38.1 Å². The van der Waals surface area contributed by atoms with Crippen molar-refractivity contribution in [1.29, 1.82) is 0 Å². The third-order valence-electron chi connectivity index (χ3n) is 5.64. The Hall–Kier alpha value is -2.40. The van der Waals surface area contributed by atoms with Crippen molar-refractivity contribution >= 4 is 5.91 Å². The Morgan fingerprint density at radius 1 is 1.22 bits per heavy atom. The molecule has 0 spiro atoms. The molecule has 1 amide bonds.